The van der Waals surface area contributed by atoms with Gasteiger partial charge in [0.25, 0.3) is 0 Å². The number of nitrogen functional groups attached to an aromatic ring is 1. The van der Waals surface area contributed by atoms with E-state index in [1.54, 1.807) is 11.3 Å². The number of benzene rings is 1. The van der Waals surface area contributed by atoms with Crippen molar-refractivity contribution in [2.24, 2.45) is 5.84 Å². The van der Waals surface area contributed by atoms with E-state index in [9.17, 15) is 0 Å². The largest absolute Gasteiger partial charge is 0.363 e. The summed E-state index contributed by atoms with van der Waals surface area (Å²) in [6, 6.07) is 12.5. The van der Waals surface area contributed by atoms with E-state index in [1.165, 1.54) is 10.4 Å². The molecule has 108 valence electrons. The average molecular weight is 299 g/mol. The molecule has 1 aromatic carbocycles. The van der Waals surface area contributed by atoms with E-state index in [-0.39, 0.29) is 6.04 Å². The van der Waals surface area contributed by atoms with Crippen LogP contribution in [-0.2, 0) is 0 Å². The molecular weight excluding hydrogens is 282 g/mol. The Morgan fingerprint density at radius 3 is 2.67 bits per heavy atom. The second kappa shape index (κ2) is 5.67. The molecule has 0 aliphatic carbocycles. The number of hydrogen-bond acceptors (Lipinski definition) is 6. The molecular formula is C15H17N5S. The standard InChI is InChI=1S/C15H17N5S/c1-9-8-12-13(18-15(20-16)19-14(12)21-9)17-10(2)11-6-4-3-5-7-11/h3-8,10H,16H2,1-2H3,(H2,17,18,19,20). The van der Waals surface area contributed by atoms with E-state index >= 15 is 0 Å². The van der Waals surface area contributed by atoms with E-state index in [4.69, 9.17) is 5.84 Å². The highest BCUT2D eigenvalue weighted by molar-refractivity contribution is 7.18. The second-order valence-corrected chi connectivity index (χ2v) is 6.13. The Kier molecular flexibility index (Phi) is 3.72. The lowest BCUT2D eigenvalue weighted by molar-refractivity contribution is 0.876. The number of aromatic nitrogens is 2. The normalized spacial score (nSPS) is 12.3. The second-order valence-electron chi connectivity index (χ2n) is 4.89. The van der Waals surface area contributed by atoms with Gasteiger partial charge in [-0.2, -0.15) is 4.98 Å². The van der Waals surface area contributed by atoms with Gasteiger partial charge in [0.1, 0.15) is 10.6 Å². The fraction of sp³-hybridized carbons (Fsp3) is 0.200. The maximum absolute atomic E-state index is 5.46. The van der Waals surface area contributed by atoms with Gasteiger partial charge in [-0.05, 0) is 25.5 Å². The summed E-state index contributed by atoms with van der Waals surface area (Å²) in [5.41, 5.74) is 3.73. The highest BCUT2D eigenvalue weighted by Crippen LogP contribution is 2.31. The summed E-state index contributed by atoms with van der Waals surface area (Å²) in [5, 5.41) is 4.48. The monoisotopic (exact) mass is 299 g/mol. The summed E-state index contributed by atoms with van der Waals surface area (Å²) in [5.74, 6) is 6.68. The van der Waals surface area contributed by atoms with Crippen LogP contribution >= 0.6 is 11.3 Å². The number of nitrogens with one attached hydrogen (secondary N) is 2. The Morgan fingerprint density at radius 1 is 1.19 bits per heavy atom. The lowest BCUT2D eigenvalue weighted by Crippen LogP contribution is -2.13. The summed E-state index contributed by atoms with van der Waals surface area (Å²) in [6.07, 6.45) is 0. The molecule has 2 aromatic heterocycles. The van der Waals surface area contributed by atoms with Crippen LogP contribution in [0, 0.1) is 6.92 Å². The molecule has 4 N–H and O–H groups in total. The van der Waals surface area contributed by atoms with Crippen molar-refractivity contribution in [2.75, 3.05) is 10.7 Å². The molecule has 0 spiro atoms. The molecule has 0 radical (unpaired) electrons. The molecule has 3 rings (SSSR count). The average Bonchev–Trinajstić information content (AvgIpc) is 2.88. The van der Waals surface area contributed by atoms with Crippen LogP contribution in [0.1, 0.15) is 23.4 Å². The minimum atomic E-state index is 0.148. The van der Waals surface area contributed by atoms with Gasteiger partial charge >= 0.3 is 0 Å². The number of thiophene rings is 1. The summed E-state index contributed by atoms with van der Waals surface area (Å²) < 4.78 is 0. The van der Waals surface area contributed by atoms with Crippen molar-refractivity contribution in [3.05, 3.63) is 46.8 Å². The molecule has 1 atom stereocenters. The molecule has 3 aromatic rings. The summed E-state index contributed by atoms with van der Waals surface area (Å²) in [6.45, 7) is 4.17. The van der Waals surface area contributed by atoms with E-state index < -0.39 is 0 Å². The smallest absolute Gasteiger partial charge is 0.240 e. The van der Waals surface area contributed by atoms with Gasteiger partial charge < -0.3 is 5.32 Å². The first-order valence-electron chi connectivity index (χ1n) is 6.73. The third-order valence-corrected chi connectivity index (χ3v) is 4.24. The van der Waals surface area contributed by atoms with Crippen LogP contribution < -0.4 is 16.6 Å². The van der Waals surface area contributed by atoms with Gasteiger partial charge in [-0.15, -0.1) is 11.3 Å². The van der Waals surface area contributed by atoms with Crippen LogP contribution in [0.3, 0.4) is 0 Å². The van der Waals surface area contributed by atoms with Gasteiger partial charge in [-0.1, -0.05) is 30.3 Å². The van der Waals surface area contributed by atoms with Crippen molar-refractivity contribution in [3.63, 3.8) is 0 Å². The van der Waals surface area contributed by atoms with Crippen molar-refractivity contribution in [2.45, 2.75) is 19.9 Å². The number of nitrogens with two attached hydrogens (primary N) is 1. The molecule has 2 heterocycles. The molecule has 0 aliphatic heterocycles. The van der Waals surface area contributed by atoms with Crippen molar-refractivity contribution >= 4 is 33.3 Å². The maximum Gasteiger partial charge on any atom is 0.240 e. The first kappa shape index (κ1) is 13.8. The number of fused-ring (bicyclic) bond motifs is 1. The van der Waals surface area contributed by atoms with E-state index in [1.807, 2.05) is 18.2 Å². The van der Waals surface area contributed by atoms with Crippen molar-refractivity contribution < 1.29 is 0 Å². The number of hydrogen-bond donors (Lipinski definition) is 3. The Hall–Kier alpha value is -2.18. The minimum Gasteiger partial charge on any atom is -0.363 e. The molecule has 1 unspecified atom stereocenters. The Labute approximate surface area is 127 Å². The number of nitrogens with zero attached hydrogens (tertiary/aromatic N) is 2. The zero-order valence-electron chi connectivity index (χ0n) is 11.9. The van der Waals surface area contributed by atoms with Crippen LogP contribution in [0.25, 0.3) is 10.2 Å². The summed E-state index contributed by atoms with van der Waals surface area (Å²) in [4.78, 5) is 11.0. The highest BCUT2D eigenvalue weighted by Gasteiger charge is 2.13. The molecule has 0 saturated heterocycles. The minimum absolute atomic E-state index is 0.148. The number of aryl methyl sites for hydroxylation is 1. The fourth-order valence-corrected chi connectivity index (χ4v) is 3.13. The van der Waals surface area contributed by atoms with Crippen LogP contribution in [0.2, 0.25) is 0 Å². The Bertz CT molecular complexity index is 753. The van der Waals surface area contributed by atoms with Crippen molar-refractivity contribution in [1.82, 2.24) is 9.97 Å². The topological polar surface area (TPSA) is 75.9 Å². The first-order valence-corrected chi connectivity index (χ1v) is 7.55. The SMILES string of the molecule is Cc1cc2c(NC(C)c3ccccc3)nc(NN)nc2s1. The zero-order chi connectivity index (χ0) is 14.8. The number of rotatable bonds is 4. The summed E-state index contributed by atoms with van der Waals surface area (Å²) in [7, 11) is 0. The van der Waals surface area contributed by atoms with E-state index in [2.05, 4.69) is 52.8 Å². The van der Waals surface area contributed by atoms with Gasteiger partial charge in [0.15, 0.2) is 0 Å². The molecule has 0 saturated carbocycles. The third-order valence-electron chi connectivity index (χ3n) is 3.30. The van der Waals surface area contributed by atoms with E-state index in [0.717, 1.165) is 16.0 Å². The highest BCUT2D eigenvalue weighted by atomic mass is 32.1. The van der Waals surface area contributed by atoms with Crippen molar-refractivity contribution in [3.8, 4) is 0 Å². The summed E-state index contributed by atoms with van der Waals surface area (Å²) >= 11 is 1.63. The first-order chi connectivity index (χ1) is 10.2. The maximum atomic E-state index is 5.46. The molecule has 5 nitrogen and oxygen atoms in total. The Balaban J connectivity index is 1.99. The molecule has 0 amide bonds. The molecule has 0 bridgehead atoms. The third kappa shape index (κ3) is 2.81. The van der Waals surface area contributed by atoms with Gasteiger partial charge in [-0.3, -0.25) is 5.43 Å². The van der Waals surface area contributed by atoms with Crippen LogP contribution in [-0.4, -0.2) is 9.97 Å². The van der Waals surface area contributed by atoms with Crippen LogP contribution in [0.4, 0.5) is 11.8 Å². The number of hydrazine groups is 1. The van der Waals surface area contributed by atoms with Crippen LogP contribution in [0.15, 0.2) is 36.4 Å². The fourth-order valence-electron chi connectivity index (χ4n) is 2.25. The predicted octanol–water partition coefficient (Wildman–Crippen LogP) is 3.46. The van der Waals surface area contributed by atoms with Crippen molar-refractivity contribution in [1.29, 1.82) is 0 Å². The van der Waals surface area contributed by atoms with E-state index in [0.29, 0.717) is 5.95 Å². The van der Waals surface area contributed by atoms with Gasteiger partial charge in [0.05, 0.1) is 5.39 Å². The van der Waals surface area contributed by atoms with Gasteiger partial charge in [-0.25, -0.2) is 10.8 Å². The van der Waals surface area contributed by atoms with Gasteiger partial charge in [0.2, 0.25) is 5.95 Å². The lowest BCUT2D eigenvalue weighted by atomic mass is 10.1. The molecule has 0 fully saturated rings. The zero-order valence-corrected chi connectivity index (χ0v) is 12.7. The number of anilines is 2. The lowest BCUT2D eigenvalue weighted by Gasteiger charge is -2.16. The molecule has 0 aliphatic rings. The Morgan fingerprint density at radius 2 is 1.95 bits per heavy atom. The molecule has 6 heteroatoms. The van der Waals surface area contributed by atoms with Gasteiger partial charge in [0, 0.05) is 10.9 Å². The molecule has 21 heavy (non-hydrogen) atoms. The van der Waals surface area contributed by atoms with Crippen LogP contribution in [0.5, 0.6) is 0 Å². The predicted molar refractivity (Wildman–Crippen MR) is 88.4 cm³/mol. The quantitative estimate of drug-likeness (QED) is 0.508.